The fraction of sp³-hybridized carbons (Fsp3) is 0.174. The molecule has 1 amide bonds. The molecule has 2 N–H and O–H groups in total. The SMILES string of the molecule is COc1ccc(CCNC(=O)c2ccc(S(=O)(=O)Nc3ccc(F)cc3)cc2)cc1OC. The third kappa shape index (κ3) is 5.76. The van der Waals surface area contributed by atoms with Gasteiger partial charge in [0.25, 0.3) is 15.9 Å². The van der Waals surface area contributed by atoms with Gasteiger partial charge in [-0.3, -0.25) is 9.52 Å². The van der Waals surface area contributed by atoms with E-state index in [4.69, 9.17) is 9.47 Å². The van der Waals surface area contributed by atoms with Gasteiger partial charge in [0, 0.05) is 17.8 Å². The van der Waals surface area contributed by atoms with Crippen LogP contribution in [0, 0.1) is 5.82 Å². The van der Waals surface area contributed by atoms with Gasteiger partial charge < -0.3 is 14.8 Å². The Hall–Kier alpha value is -3.59. The zero-order valence-electron chi connectivity index (χ0n) is 17.6. The molecule has 9 heteroatoms. The summed E-state index contributed by atoms with van der Waals surface area (Å²) in [5, 5.41) is 2.81. The van der Waals surface area contributed by atoms with E-state index in [1.807, 2.05) is 12.1 Å². The Morgan fingerprint density at radius 2 is 1.56 bits per heavy atom. The second kappa shape index (κ2) is 10.1. The molecule has 0 bridgehead atoms. The molecule has 0 aliphatic rings. The van der Waals surface area contributed by atoms with Gasteiger partial charge in [-0.1, -0.05) is 6.07 Å². The third-order valence-corrected chi connectivity index (χ3v) is 6.07. The minimum Gasteiger partial charge on any atom is -0.493 e. The second-order valence-electron chi connectivity index (χ2n) is 6.83. The van der Waals surface area contributed by atoms with Gasteiger partial charge in [0.15, 0.2) is 11.5 Å². The molecule has 0 fully saturated rings. The maximum atomic E-state index is 13.0. The first-order chi connectivity index (χ1) is 15.3. The number of sulfonamides is 1. The summed E-state index contributed by atoms with van der Waals surface area (Å²) in [7, 11) is -0.740. The maximum Gasteiger partial charge on any atom is 0.261 e. The number of carbonyl (C=O) groups is 1. The molecular formula is C23H23FN2O5S. The van der Waals surface area contributed by atoms with Crippen LogP contribution in [0.25, 0.3) is 0 Å². The van der Waals surface area contributed by atoms with Gasteiger partial charge in [-0.2, -0.15) is 0 Å². The predicted octanol–water partition coefficient (Wildman–Crippen LogP) is 3.62. The molecule has 0 aliphatic carbocycles. The van der Waals surface area contributed by atoms with Crippen LogP contribution in [0.2, 0.25) is 0 Å². The number of rotatable bonds is 9. The molecule has 0 radical (unpaired) electrons. The van der Waals surface area contributed by atoms with Crippen LogP contribution >= 0.6 is 0 Å². The molecule has 3 aromatic rings. The average molecular weight is 459 g/mol. The standard InChI is InChI=1S/C23H23FN2O5S/c1-30-21-12-3-16(15-22(21)31-2)13-14-25-23(27)17-4-10-20(11-5-17)32(28,29)26-19-8-6-18(24)7-9-19/h3-12,15,26H,13-14H2,1-2H3,(H,25,27). The van der Waals surface area contributed by atoms with Crippen LogP contribution < -0.4 is 19.5 Å². The normalized spacial score (nSPS) is 11.0. The number of halogens is 1. The molecule has 0 spiro atoms. The molecular weight excluding hydrogens is 435 g/mol. The lowest BCUT2D eigenvalue weighted by Crippen LogP contribution is -2.25. The van der Waals surface area contributed by atoms with Crippen LogP contribution in [0.4, 0.5) is 10.1 Å². The summed E-state index contributed by atoms with van der Waals surface area (Å²) in [6.07, 6.45) is 0.583. The zero-order chi connectivity index (χ0) is 23.1. The van der Waals surface area contributed by atoms with Crippen LogP contribution in [-0.4, -0.2) is 35.1 Å². The average Bonchev–Trinajstić information content (AvgIpc) is 2.80. The number of carbonyl (C=O) groups excluding carboxylic acids is 1. The summed E-state index contributed by atoms with van der Waals surface area (Å²) >= 11 is 0. The first-order valence-corrected chi connectivity index (χ1v) is 11.2. The summed E-state index contributed by atoms with van der Waals surface area (Å²) in [4.78, 5) is 12.4. The van der Waals surface area contributed by atoms with Crippen LogP contribution in [0.1, 0.15) is 15.9 Å². The lowest BCUT2D eigenvalue weighted by Gasteiger charge is -2.11. The van der Waals surface area contributed by atoms with E-state index in [1.165, 1.54) is 36.4 Å². The topological polar surface area (TPSA) is 93.7 Å². The van der Waals surface area contributed by atoms with Gasteiger partial charge in [0.2, 0.25) is 0 Å². The fourth-order valence-electron chi connectivity index (χ4n) is 2.98. The van der Waals surface area contributed by atoms with Crippen LogP contribution in [0.3, 0.4) is 0 Å². The van der Waals surface area contributed by atoms with Crippen molar-refractivity contribution in [1.82, 2.24) is 5.32 Å². The lowest BCUT2D eigenvalue weighted by atomic mass is 10.1. The number of hydrogen-bond donors (Lipinski definition) is 2. The molecule has 7 nitrogen and oxygen atoms in total. The Balaban J connectivity index is 1.58. The highest BCUT2D eigenvalue weighted by atomic mass is 32.2. The highest BCUT2D eigenvalue weighted by Crippen LogP contribution is 2.27. The molecule has 168 valence electrons. The van der Waals surface area contributed by atoms with Gasteiger partial charge in [-0.25, -0.2) is 12.8 Å². The molecule has 0 aromatic heterocycles. The number of ether oxygens (including phenoxy) is 2. The highest BCUT2D eigenvalue weighted by Gasteiger charge is 2.15. The van der Waals surface area contributed by atoms with Crippen LogP contribution in [0.5, 0.6) is 11.5 Å². The Labute approximate surface area is 186 Å². The second-order valence-corrected chi connectivity index (χ2v) is 8.51. The molecule has 0 heterocycles. The summed E-state index contributed by atoms with van der Waals surface area (Å²) in [6.45, 7) is 0.389. The highest BCUT2D eigenvalue weighted by molar-refractivity contribution is 7.92. The molecule has 3 aromatic carbocycles. The predicted molar refractivity (Wildman–Crippen MR) is 119 cm³/mol. The Kier molecular flexibility index (Phi) is 7.32. The first kappa shape index (κ1) is 23.1. The van der Waals surface area contributed by atoms with E-state index in [0.29, 0.717) is 30.0 Å². The van der Waals surface area contributed by atoms with Crippen molar-refractivity contribution in [2.24, 2.45) is 0 Å². The molecule has 3 rings (SSSR count). The van der Waals surface area contributed by atoms with E-state index in [-0.39, 0.29) is 16.5 Å². The summed E-state index contributed by atoms with van der Waals surface area (Å²) in [5.41, 5.74) is 1.54. The number of benzene rings is 3. The van der Waals surface area contributed by atoms with E-state index in [1.54, 1.807) is 20.3 Å². The van der Waals surface area contributed by atoms with Crippen molar-refractivity contribution >= 4 is 21.6 Å². The molecule has 0 unspecified atom stereocenters. The third-order valence-electron chi connectivity index (χ3n) is 4.67. The van der Waals surface area contributed by atoms with Gasteiger partial charge in [0.1, 0.15) is 5.82 Å². The monoisotopic (exact) mass is 458 g/mol. The number of amides is 1. The fourth-order valence-corrected chi connectivity index (χ4v) is 4.03. The van der Waals surface area contributed by atoms with Gasteiger partial charge in [-0.15, -0.1) is 0 Å². The summed E-state index contributed by atoms with van der Waals surface area (Å²) in [6, 6.07) is 16.1. The number of methoxy groups -OCH3 is 2. The van der Waals surface area contributed by atoms with E-state index < -0.39 is 15.8 Å². The van der Waals surface area contributed by atoms with E-state index >= 15 is 0 Å². The van der Waals surface area contributed by atoms with E-state index in [9.17, 15) is 17.6 Å². The Bertz CT molecular complexity index is 1180. The molecule has 0 saturated heterocycles. The molecule has 0 atom stereocenters. The van der Waals surface area contributed by atoms with E-state index in [2.05, 4.69) is 10.0 Å². The van der Waals surface area contributed by atoms with Gasteiger partial charge in [-0.05, 0) is 72.6 Å². The largest absolute Gasteiger partial charge is 0.493 e. The van der Waals surface area contributed by atoms with Gasteiger partial charge >= 0.3 is 0 Å². The van der Waals surface area contributed by atoms with E-state index in [0.717, 1.165) is 17.7 Å². The summed E-state index contributed by atoms with van der Waals surface area (Å²) < 4.78 is 50.8. The van der Waals surface area contributed by atoms with Crippen LogP contribution in [0.15, 0.2) is 71.6 Å². The summed E-state index contributed by atoms with van der Waals surface area (Å²) in [5.74, 6) is 0.460. The van der Waals surface area contributed by atoms with Crippen molar-refractivity contribution in [2.45, 2.75) is 11.3 Å². The number of hydrogen-bond acceptors (Lipinski definition) is 5. The molecule has 32 heavy (non-hydrogen) atoms. The molecule has 0 saturated carbocycles. The van der Waals surface area contributed by atoms with Crippen molar-refractivity contribution in [3.05, 3.63) is 83.7 Å². The Morgan fingerprint density at radius 3 is 2.19 bits per heavy atom. The molecule has 0 aliphatic heterocycles. The minimum atomic E-state index is -3.86. The van der Waals surface area contributed by atoms with Gasteiger partial charge in [0.05, 0.1) is 19.1 Å². The van der Waals surface area contributed by atoms with Crippen molar-refractivity contribution in [3.8, 4) is 11.5 Å². The smallest absolute Gasteiger partial charge is 0.261 e. The minimum absolute atomic E-state index is 0.0105. The maximum absolute atomic E-state index is 13.0. The van der Waals surface area contributed by atoms with Crippen molar-refractivity contribution in [3.63, 3.8) is 0 Å². The van der Waals surface area contributed by atoms with Crippen LogP contribution in [-0.2, 0) is 16.4 Å². The lowest BCUT2D eigenvalue weighted by molar-refractivity contribution is 0.0954. The number of nitrogens with one attached hydrogen (secondary N) is 2. The zero-order valence-corrected chi connectivity index (χ0v) is 18.4. The van der Waals surface area contributed by atoms with Crippen molar-refractivity contribution < 1.29 is 27.1 Å². The van der Waals surface area contributed by atoms with Crippen molar-refractivity contribution in [1.29, 1.82) is 0 Å². The number of anilines is 1. The quantitative estimate of drug-likeness (QED) is 0.511. The Morgan fingerprint density at radius 1 is 0.906 bits per heavy atom. The first-order valence-electron chi connectivity index (χ1n) is 9.70. The van der Waals surface area contributed by atoms with Crippen molar-refractivity contribution in [2.75, 3.05) is 25.5 Å².